The predicted molar refractivity (Wildman–Crippen MR) is 81.6 cm³/mol. The number of ether oxygens (including phenoxy) is 1. The highest BCUT2D eigenvalue weighted by Crippen LogP contribution is 2.33. The number of carbonyl (C=O) groups excluding carboxylic acids is 1. The van der Waals surface area contributed by atoms with Gasteiger partial charge in [-0.15, -0.1) is 0 Å². The van der Waals surface area contributed by atoms with Gasteiger partial charge in [-0.25, -0.2) is 0 Å². The summed E-state index contributed by atoms with van der Waals surface area (Å²) in [4.78, 5) is 16.7. The minimum absolute atomic E-state index is 0.237. The van der Waals surface area contributed by atoms with Gasteiger partial charge in [-0.3, -0.25) is 9.69 Å². The van der Waals surface area contributed by atoms with E-state index in [4.69, 9.17) is 10.5 Å². The molecule has 0 saturated heterocycles. The standard InChI is InChI=1S/C15H31N3O2/c1-6-18(12(3)11-17(4)5)13-8-9-15(16,10-13)14(19)20-7-2/h12-13H,6-11,16H2,1-5H3. The topological polar surface area (TPSA) is 58.8 Å². The molecule has 0 radical (unpaired) electrons. The van der Waals surface area contributed by atoms with Crippen LogP contribution in [0.1, 0.15) is 40.0 Å². The molecular formula is C15H31N3O2. The van der Waals surface area contributed by atoms with E-state index in [1.54, 1.807) is 0 Å². The van der Waals surface area contributed by atoms with Crippen molar-refractivity contribution in [3.8, 4) is 0 Å². The Bertz CT molecular complexity index is 322. The van der Waals surface area contributed by atoms with E-state index in [9.17, 15) is 4.79 Å². The van der Waals surface area contributed by atoms with Crippen LogP contribution < -0.4 is 5.73 Å². The molecule has 0 spiro atoms. The fraction of sp³-hybridized carbons (Fsp3) is 0.933. The summed E-state index contributed by atoms with van der Waals surface area (Å²) in [5.41, 5.74) is 5.48. The molecule has 0 heterocycles. The molecule has 1 aliphatic carbocycles. The zero-order valence-electron chi connectivity index (χ0n) is 13.7. The highest BCUT2D eigenvalue weighted by molar-refractivity contribution is 5.81. The van der Waals surface area contributed by atoms with Gasteiger partial charge in [-0.2, -0.15) is 0 Å². The van der Waals surface area contributed by atoms with Gasteiger partial charge in [0.05, 0.1) is 6.61 Å². The van der Waals surface area contributed by atoms with E-state index in [0.717, 1.165) is 25.9 Å². The summed E-state index contributed by atoms with van der Waals surface area (Å²) in [5.74, 6) is -0.237. The molecule has 20 heavy (non-hydrogen) atoms. The maximum absolute atomic E-state index is 12.0. The highest BCUT2D eigenvalue weighted by atomic mass is 16.5. The zero-order valence-corrected chi connectivity index (χ0v) is 13.7. The first kappa shape index (κ1) is 17.4. The molecule has 5 heteroatoms. The van der Waals surface area contributed by atoms with Gasteiger partial charge in [-0.1, -0.05) is 6.92 Å². The minimum Gasteiger partial charge on any atom is -0.465 e. The molecule has 2 N–H and O–H groups in total. The fourth-order valence-electron chi connectivity index (χ4n) is 3.36. The maximum atomic E-state index is 12.0. The molecule has 0 amide bonds. The normalized spacial score (nSPS) is 28.1. The van der Waals surface area contributed by atoms with Crippen LogP contribution in [0.4, 0.5) is 0 Å². The molecule has 1 saturated carbocycles. The molecule has 0 aliphatic heterocycles. The molecule has 3 unspecified atom stereocenters. The van der Waals surface area contributed by atoms with Crippen LogP contribution in [-0.4, -0.2) is 67.2 Å². The van der Waals surface area contributed by atoms with Gasteiger partial charge in [0.1, 0.15) is 5.54 Å². The maximum Gasteiger partial charge on any atom is 0.326 e. The lowest BCUT2D eigenvalue weighted by Crippen LogP contribution is -2.50. The second-order valence-corrected chi connectivity index (χ2v) is 6.21. The fourth-order valence-corrected chi connectivity index (χ4v) is 3.36. The van der Waals surface area contributed by atoms with E-state index in [0.29, 0.717) is 25.1 Å². The Morgan fingerprint density at radius 2 is 2.10 bits per heavy atom. The third-order valence-electron chi connectivity index (χ3n) is 4.24. The molecule has 5 nitrogen and oxygen atoms in total. The number of nitrogens with two attached hydrogens (primary N) is 1. The van der Waals surface area contributed by atoms with Crippen molar-refractivity contribution in [2.45, 2.75) is 57.7 Å². The van der Waals surface area contributed by atoms with Crippen molar-refractivity contribution < 1.29 is 9.53 Å². The molecule has 1 fully saturated rings. The Balaban J connectivity index is 2.66. The van der Waals surface area contributed by atoms with Gasteiger partial charge in [0.25, 0.3) is 0 Å². The lowest BCUT2D eigenvalue weighted by Gasteiger charge is -2.35. The van der Waals surface area contributed by atoms with Crippen LogP contribution in [0, 0.1) is 0 Å². The SMILES string of the molecule is CCOC(=O)C1(N)CCC(N(CC)C(C)CN(C)C)C1. The van der Waals surface area contributed by atoms with Gasteiger partial charge in [0.15, 0.2) is 0 Å². The van der Waals surface area contributed by atoms with Crippen LogP contribution in [0.2, 0.25) is 0 Å². The molecule has 0 aromatic rings. The summed E-state index contributed by atoms with van der Waals surface area (Å²) < 4.78 is 5.12. The molecule has 0 bridgehead atoms. The lowest BCUT2D eigenvalue weighted by molar-refractivity contribution is -0.149. The van der Waals surface area contributed by atoms with E-state index in [-0.39, 0.29) is 5.97 Å². The van der Waals surface area contributed by atoms with Gasteiger partial charge >= 0.3 is 5.97 Å². The van der Waals surface area contributed by atoms with Crippen LogP contribution >= 0.6 is 0 Å². The lowest BCUT2D eigenvalue weighted by atomic mass is 9.98. The van der Waals surface area contributed by atoms with Crippen molar-refractivity contribution >= 4 is 5.97 Å². The second kappa shape index (κ2) is 7.38. The Kier molecular flexibility index (Phi) is 6.43. The number of hydrogen-bond donors (Lipinski definition) is 1. The van der Waals surface area contributed by atoms with Gasteiger partial charge in [0.2, 0.25) is 0 Å². The number of rotatable bonds is 7. The molecule has 3 atom stereocenters. The second-order valence-electron chi connectivity index (χ2n) is 6.21. The number of hydrogen-bond acceptors (Lipinski definition) is 5. The molecule has 0 aromatic heterocycles. The monoisotopic (exact) mass is 285 g/mol. The summed E-state index contributed by atoms with van der Waals surface area (Å²) in [6, 6.07) is 0.842. The molecule has 118 valence electrons. The first-order valence-electron chi connectivity index (χ1n) is 7.70. The quantitative estimate of drug-likeness (QED) is 0.709. The Hall–Kier alpha value is -0.650. The Morgan fingerprint density at radius 1 is 1.45 bits per heavy atom. The molecule has 0 aromatic carbocycles. The summed E-state index contributed by atoms with van der Waals surface area (Å²) >= 11 is 0. The van der Waals surface area contributed by atoms with Crippen LogP contribution in [-0.2, 0) is 9.53 Å². The van der Waals surface area contributed by atoms with Crippen molar-refractivity contribution in [3.63, 3.8) is 0 Å². The molecule has 1 aliphatic rings. The van der Waals surface area contributed by atoms with Crippen molar-refractivity contribution in [2.75, 3.05) is 33.8 Å². The van der Waals surface area contributed by atoms with Crippen LogP contribution in [0.5, 0.6) is 0 Å². The number of nitrogens with zero attached hydrogens (tertiary/aromatic N) is 2. The van der Waals surface area contributed by atoms with E-state index in [2.05, 4.69) is 37.7 Å². The smallest absolute Gasteiger partial charge is 0.326 e. The van der Waals surface area contributed by atoms with E-state index in [1.807, 2.05) is 6.92 Å². The number of esters is 1. The van der Waals surface area contributed by atoms with Crippen molar-refractivity contribution in [1.29, 1.82) is 0 Å². The van der Waals surface area contributed by atoms with Crippen molar-refractivity contribution in [3.05, 3.63) is 0 Å². The number of carbonyl (C=O) groups is 1. The third-order valence-corrected chi connectivity index (χ3v) is 4.24. The Morgan fingerprint density at radius 3 is 2.60 bits per heavy atom. The first-order valence-corrected chi connectivity index (χ1v) is 7.70. The van der Waals surface area contributed by atoms with Crippen LogP contribution in [0.3, 0.4) is 0 Å². The summed E-state index contributed by atoms with van der Waals surface area (Å²) in [5, 5.41) is 0. The zero-order chi connectivity index (χ0) is 15.3. The number of likely N-dealkylation sites (N-methyl/N-ethyl adjacent to an activating group) is 2. The average Bonchev–Trinajstić information content (AvgIpc) is 2.73. The van der Waals surface area contributed by atoms with Gasteiger partial charge < -0.3 is 15.4 Å². The van der Waals surface area contributed by atoms with E-state index in [1.165, 1.54) is 0 Å². The van der Waals surface area contributed by atoms with Gasteiger partial charge in [0, 0.05) is 18.6 Å². The van der Waals surface area contributed by atoms with E-state index < -0.39 is 5.54 Å². The summed E-state index contributed by atoms with van der Waals surface area (Å²) in [7, 11) is 4.18. The predicted octanol–water partition coefficient (Wildman–Crippen LogP) is 1.07. The molecule has 1 rings (SSSR count). The third kappa shape index (κ3) is 4.17. The Labute approximate surface area is 123 Å². The minimum atomic E-state index is -0.786. The van der Waals surface area contributed by atoms with Gasteiger partial charge in [-0.05, 0) is 53.8 Å². The first-order chi connectivity index (χ1) is 9.34. The summed E-state index contributed by atoms with van der Waals surface area (Å²) in [6.07, 6.45) is 2.40. The van der Waals surface area contributed by atoms with Crippen LogP contribution in [0.15, 0.2) is 0 Å². The van der Waals surface area contributed by atoms with Crippen LogP contribution in [0.25, 0.3) is 0 Å². The largest absolute Gasteiger partial charge is 0.465 e. The highest BCUT2D eigenvalue weighted by Gasteiger charge is 2.45. The molecular weight excluding hydrogens is 254 g/mol. The van der Waals surface area contributed by atoms with Crippen molar-refractivity contribution in [2.24, 2.45) is 5.73 Å². The summed E-state index contributed by atoms with van der Waals surface area (Å²) in [6.45, 7) is 8.64. The van der Waals surface area contributed by atoms with E-state index >= 15 is 0 Å². The average molecular weight is 285 g/mol. The van der Waals surface area contributed by atoms with Crippen molar-refractivity contribution in [1.82, 2.24) is 9.80 Å².